The minimum absolute atomic E-state index is 1.12. The molecule has 71 heavy (non-hydrogen) atoms. The van der Waals surface area contributed by atoms with Crippen molar-refractivity contribution in [3.63, 3.8) is 0 Å². The smallest absolute Gasteiger partial charge is 0.0804 e. The molecule has 0 unspecified atom stereocenters. The zero-order chi connectivity index (χ0) is 46.8. The van der Waals surface area contributed by atoms with Crippen LogP contribution < -0.4 is 0 Å². The first-order chi connectivity index (χ1) is 35.3. The van der Waals surface area contributed by atoms with Gasteiger partial charge in [0.2, 0.25) is 0 Å². The Morgan fingerprint density at radius 3 is 1.03 bits per heavy atom. The summed E-state index contributed by atoms with van der Waals surface area (Å²) in [5, 5.41) is 4.83. The van der Waals surface area contributed by atoms with Crippen LogP contribution in [0.4, 0.5) is 0 Å². The molecule has 0 saturated heterocycles. The minimum atomic E-state index is 1.12. The van der Waals surface area contributed by atoms with Gasteiger partial charge < -0.3 is 13.7 Å². The molecule has 0 aliphatic rings. The lowest BCUT2D eigenvalue weighted by atomic mass is 9.92. The first-order valence-corrected chi connectivity index (χ1v) is 24.4. The van der Waals surface area contributed by atoms with Crippen molar-refractivity contribution in [2.75, 3.05) is 0 Å². The highest BCUT2D eigenvalue weighted by molar-refractivity contribution is 6.20. The summed E-state index contributed by atoms with van der Waals surface area (Å²) in [6, 6.07) is 99.7. The molecule has 3 aromatic heterocycles. The van der Waals surface area contributed by atoms with Gasteiger partial charge in [0.1, 0.15) is 0 Å². The molecule has 0 fully saturated rings. The number of fused-ring (bicyclic) bond motifs is 8. The third kappa shape index (κ3) is 6.51. The second-order valence-electron chi connectivity index (χ2n) is 18.4. The molecule has 0 aliphatic carbocycles. The van der Waals surface area contributed by atoms with E-state index in [1.165, 1.54) is 88.1 Å². The average Bonchev–Trinajstić information content (AvgIpc) is 4.09. The Morgan fingerprint density at radius 1 is 0.197 bits per heavy atom. The Bertz CT molecular complexity index is 4180. The molecule has 0 amide bonds. The van der Waals surface area contributed by atoms with Gasteiger partial charge in [-0.3, -0.25) is 0 Å². The van der Waals surface area contributed by atoms with Crippen molar-refractivity contribution in [3.8, 4) is 72.7 Å². The van der Waals surface area contributed by atoms with E-state index in [1.54, 1.807) is 0 Å². The van der Waals surface area contributed by atoms with E-state index in [4.69, 9.17) is 0 Å². The Balaban J connectivity index is 1.02. The highest BCUT2D eigenvalue weighted by Crippen LogP contribution is 2.46. The lowest BCUT2D eigenvalue weighted by Crippen LogP contribution is -2.01. The van der Waals surface area contributed by atoms with Gasteiger partial charge in [-0.1, -0.05) is 212 Å². The Labute approximate surface area is 412 Å². The molecule has 14 aromatic rings. The third-order valence-electron chi connectivity index (χ3n) is 14.5. The number of benzene rings is 11. The second-order valence-corrected chi connectivity index (χ2v) is 18.4. The molecule has 0 spiro atoms. The first kappa shape index (κ1) is 40.6. The maximum Gasteiger partial charge on any atom is 0.0804 e. The van der Waals surface area contributed by atoms with Gasteiger partial charge in [-0.2, -0.15) is 0 Å². The Kier molecular flexibility index (Phi) is 9.53. The molecule has 3 nitrogen and oxygen atoms in total. The zero-order valence-electron chi connectivity index (χ0n) is 38.8. The Hall–Kier alpha value is -9.44. The van der Waals surface area contributed by atoms with E-state index in [0.717, 1.165) is 39.2 Å². The number of hydrogen-bond acceptors (Lipinski definition) is 0. The van der Waals surface area contributed by atoms with Crippen LogP contribution in [0.25, 0.3) is 127 Å². The van der Waals surface area contributed by atoms with Crippen molar-refractivity contribution in [2.24, 2.45) is 0 Å². The molecule has 0 bridgehead atoms. The number of aromatic nitrogens is 3. The van der Waals surface area contributed by atoms with Crippen molar-refractivity contribution in [2.45, 2.75) is 0 Å². The van der Waals surface area contributed by atoms with Crippen LogP contribution in [0.3, 0.4) is 0 Å². The lowest BCUT2D eigenvalue weighted by Gasteiger charge is -2.18. The van der Waals surface area contributed by atoms with Crippen LogP contribution in [0.15, 0.2) is 273 Å². The van der Waals surface area contributed by atoms with E-state index in [0.29, 0.717) is 0 Å². The van der Waals surface area contributed by atoms with Gasteiger partial charge in [-0.15, -0.1) is 0 Å². The molecule has 0 radical (unpaired) electrons. The van der Waals surface area contributed by atoms with Gasteiger partial charge in [0.15, 0.2) is 0 Å². The van der Waals surface area contributed by atoms with Gasteiger partial charge in [-0.05, 0) is 105 Å². The number of para-hydroxylation sites is 5. The molecular weight excluding hydrogens is 859 g/mol. The van der Waals surface area contributed by atoms with Gasteiger partial charge in [-0.25, -0.2) is 0 Å². The number of nitrogens with zero attached hydrogens (tertiary/aromatic N) is 3. The van der Waals surface area contributed by atoms with E-state index in [-0.39, 0.29) is 0 Å². The summed E-state index contributed by atoms with van der Waals surface area (Å²) in [6.45, 7) is 0. The van der Waals surface area contributed by atoms with E-state index in [9.17, 15) is 0 Å². The molecule has 14 rings (SSSR count). The molecule has 332 valence electrons. The largest absolute Gasteiger partial charge is 0.309 e. The normalized spacial score (nSPS) is 11.7. The average molecular weight is 904 g/mol. The predicted molar refractivity (Wildman–Crippen MR) is 299 cm³/mol. The van der Waals surface area contributed by atoms with Crippen LogP contribution in [-0.4, -0.2) is 13.7 Å². The fourth-order valence-electron chi connectivity index (χ4n) is 11.4. The van der Waals surface area contributed by atoms with Crippen molar-refractivity contribution in [1.82, 2.24) is 13.7 Å². The fraction of sp³-hybridized carbons (Fsp3) is 0. The summed E-state index contributed by atoms with van der Waals surface area (Å²) in [5.41, 5.74) is 22.4. The Morgan fingerprint density at radius 2 is 0.535 bits per heavy atom. The van der Waals surface area contributed by atoms with Crippen molar-refractivity contribution < 1.29 is 0 Å². The monoisotopic (exact) mass is 903 g/mol. The number of hydrogen-bond donors (Lipinski definition) is 0. The SMILES string of the molecule is c1ccc(-c2ccccc2-c2ccc3c(c2)c2cc(-c4ccccc4-c4ccccc4)ccc2n3-c2ccccc2-c2ccccc2-n2c3ccccc3c3c2c2ccccc2n3-c2ccccc2)cc1. The highest BCUT2D eigenvalue weighted by Gasteiger charge is 2.25. The maximum absolute atomic E-state index is 2.51. The van der Waals surface area contributed by atoms with Crippen molar-refractivity contribution >= 4 is 54.6 Å². The molecule has 0 aliphatic heterocycles. The van der Waals surface area contributed by atoms with Crippen molar-refractivity contribution in [1.29, 1.82) is 0 Å². The lowest BCUT2D eigenvalue weighted by molar-refractivity contribution is 1.16. The second kappa shape index (κ2) is 16.7. The van der Waals surface area contributed by atoms with E-state index >= 15 is 0 Å². The molecule has 3 heteroatoms. The summed E-state index contributed by atoms with van der Waals surface area (Å²) in [6.07, 6.45) is 0. The first-order valence-electron chi connectivity index (χ1n) is 24.4. The minimum Gasteiger partial charge on any atom is -0.309 e. The standard InChI is InChI=1S/C68H45N3/c1-4-22-46(23-5-1)51-28-10-12-30-53(51)48-40-42-65-59(44-48)60-45-49(54-31-13-11-29-52(54)47-24-6-2-7-25-47)41-43-66(60)70(65)61-36-18-14-32-55(61)56-33-15-19-37-62(56)71-64-39-21-17-35-58(64)67-68(71)57-34-16-20-38-63(57)69(67)50-26-8-3-9-27-50/h1-45H. The zero-order valence-corrected chi connectivity index (χ0v) is 38.8. The highest BCUT2D eigenvalue weighted by atomic mass is 15.1. The fourth-order valence-corrected chi connectivity index (χ4v) is 11.4. The van der Waals surface area contributed by atoms with E-state index in [1.807, 2.05) is 0 Å². The molecular formula is C68H45N3. The predicted octanol–water partition coefficient (Wildman–Crippen LogP) is 18.2. The number of rotatable bonds is 8. The quantitative estimate of drug-likeness (QED) is 0.144. The topological polar surface area (TPSA) is 14.8 Å². The molecule has 0 saturated carbocycles. The molecule has 3 heterocycles. The van der Waals surface area contributed by atoms with Crippen LogP contribution >= 0.6 is 0 Å². The molecule has 11 aromatic carbocycles. The molecule has 0 N–H and O–H groups in total. The van der Waals surface area contributed by atoms with Gasteiger partial charge in [0, 0.05) is 38.4 Å². The van der Waals surface area contributed by atoms with Crippen LogP contribution in [0, 0.1) is 0 Å². The van der Waals surface area contributed by atoms with Crippen molar-refractivity contribution in [3.05, 3.63) is 273 Å². The summed E-state index contributed by atoms with van der Waals surface area (Å²) in [4.78, 5) is 0. The van der Waals surface area contributed by atoms with E-state index in [2.05, 4.69) is 287 Å². The summed E-state index contributed by atoms with van der Waals surface area (Å²) < 4.78 is 7.45. The summed E-state index contributed by atoms with van der Waals surface area (Å²) >= 11 is 0. The maximum atomic E-state index is 2.51. The van der Waals surface area contributed by atoms with Crippen LogP contribution in [0.2, 0.25) is 0 Å². The van der Waals surface area contributed by atoms with Gasteiger partial charge in [0.25, 0.3) is 0 Å². The van der Waals surface area contributed by atoms with Crippen LogP contribution in [-0.2, 0) is 0 Å². The van der Waals surface area contributed by atoms with Gasteiger partial charge >= 0.3 is 0 Å². The summed E-state index contributed by atoms with van der Waals surface area (Å²) in [5.74, 6) is 0. The van der Waals surface area contributed by atoms with Crippen LogP contribution in [0.1, 0.15) is 0 Å². The molecule has 0 atom stereocenters. The summed E-state index contributed by atoms with van der Waals surface area (Å²) in [7, 11) is 0. The van der Waals surface area contributed by atoms with E-state index < -0.39 is 0 Å². The third-order valence-corrected chi connectivity index (χ3v) is 14.5. The van der Waals surface area contributed by atoms with Crippen LogP contribution in [0.5, 0.6) is 0 Å². The van der Waals surface area contributed by atoms with Gasteiger partial charge in [0.05, 0.1) is 44.5 Å².